The first kappa shape index (κ1) is 10.4. The molecule has 0 radical (unpaired) electrons. The van der Waals surface area contributed by atoms with Gasteiger partial charge in [-0.05, 0) is 19.8 Å². The van der Waals surface area contributed by atoms with Crippen LogP contribution in [0.5, 0.6) is 0 Å². The Morgan fingerprint density at radius 1 is 1.23 bits per heavy atom. The number of hydrogen-bond acceptors (Lipinski definition) is 3. The molecule has 1 aliphatic heterocycles. The SMILES string of the molecule is CC(=O)C1CCC(C(=O)C(C)C)O1. The maximum atomic E-state index is 11.5. The first-order valence-electron chi connectivity index (χ1n) is 4.72. The molecule has 0 bridgehead atoms. The summed E-state index contributed by atoms with van der Waals surface area (Å²) < 4.78 is 5.35. The molecule has 0 aromatic carbocycles. The normalized spacial score (nSPS) is 28.0. The largest absolute Gasteiger partial charge is 0.359 e. The summed E-state index contributed by atoms with van der Waals surface area (Å²) >= 11 is 0. The molecule has 0 N–H and O–H groups in total. The van der Waals surface area contributed by atoms with Crippen molar-refractivity contribution in [2.75, 3.05) is 0 Å². The van der Waals surface area contributed by atoms with Gasteiger partial charge >= 0.3 is 0 Å². The number of ketones is 2. The summed E-state index contributed by atoms with van der Waals surface area (Å²) in [6.45, 7) is 5.21. The van der Waals surface area contributed by atoms with Crippen LogP contribution in [0, 0.1) is 5.92 Å². The van der Waals surface area contributed by atoms with Gasteiger partial charge in [-0.3, -0.25) is 9.59 Å². The molecule has 74 valence electrons. The molecule has 2 unspecified atom stereocenters. The zero-order valence-electron chi connectivity index (χ0n) is 8.37. The highest BCUT2D eigenvalue weighted by Gasteiger charge is 2.33. The summed E-state index contributed by atoms with van der Waals surface area (Å²) in [5, 5.41) is 0. The highest BCUT2D eigenvalue weighted by atomic mass is 16.5. The van der Waals surface area contributed by atoms with Crippen molar-refractivity contribution in [1.29, 1.82) is 0 Å². The van der Waals surface area contributed by atoms with Crippen molar-refractivity contribution in [2.45, 2.75) is 45.8 Å². The molecular weight excluding hydrogens is 168 g/mol. The molecule has 1 fully saturated rings. The first-order valence-corrected chi connectivity index (χ1v) is 4.72. The summed E-state index contributed by atoms with van der Waals surface area (Å²) in [4.78, 5) is 22.4. The van der Waals surface area contributed by atoms with E-state index >= 15 is 0 Å². The van der Waals surface area contributed by atoms with Crippen LogP contribution in [-0.2, 0) is 14.3 Å². The fourth-order valence-corrected chi connectivity index (χ4v) is 1.52. The number of carbonyl (C=O) groups is 2. The number of hydrogen-bond donors (Lipinski definition) is 0. The second-order valence-corrected chi connectivity index (χ2v) is 3.86. The van der Waals surface area contributed by atoms with E-state index < -0.39 is 0 Å². The van der Waals surface area contributed by atoms with Gasteiger partial charge in [-0.1, -0.05) is 13.8 Å². The number of carbonyl (C=O) groups excluding carboxylic acids is 2. The van der Waals surface area contributed by atoms with Gasteiger partial charge in [0.15, 0.2) is 11.6 Å². The molecule has 0 aliphatic carbocycles. The molecule has 3 nitrogen and oxygen atoms in total. The Morgan fingerprint density at radius 3 is 2.15 bits per heavy atom. The van der Waals surface area contributed by atoms with Crippen molar-refractivity contribution in [1.82, 2.24) is 0 Å². The molecule has 13 heavy (non-hydrogen) atoms. The molecule has 2 atom stereocenters. The minimum atomic E-state index is -0.340. The van der Waals surface area contributed by atoms with E-state index in [4.69, 9.17) is 4.74 Å². The van der Waals surface area contributed by atoms with Crippen molar-refractivity contribution in [3.8, 4) is 0 Å². The van der Waals surface area contributed by atoms with Crippen molar-refractivity contribution in [2.24, 2.45) is 5.92 Å². The Labute approximate surface area is 78.5 Å². The lowest BCUT2D eigenvalue weighted by Crippen LogP contribution is -2.27. The van der Waals surface area contributed by atoms with Crippen molar-refractivity contribution >= 4 is 11.6 Å². The van der Waals surface area contributed by atoms with Crippen LogP contribution in [0.25, 0.3) is 0 Å². The second kappa shape index (κ2) is 4.01. The fourth-order valence-electron chi connectivity index (χ4n) is 1.52. The van der Waals surface area contributed by atoms with E-state index in [1.165, 1.54) is 6.92 Å². The van der Waals surface area contributed by atoms with E-state index in [1.54, 1.807) is 0 Å². The van der Waals surface area contributed by atoms with Gasteiger partial charge in [0.2, 0.25) is 0 Å². The predicted octanol–water partition coefficient (Wildman–Crippen LogP) is 1.35. The molecule has 3 heteroatoms. The van der Waals surface area contributed by atoms with Gasteiger partial charge < -0.3 is 4.74 Å². The molecular formula is C10H16O3. The van der Waals surface area contributed by atoms with Gasteiger partial charge in [-0.25, -0.2) is 0 Å². The minimum absolute atomic E-state index is 0.00397. The van der Waals surface area contributed by atoms with Crippen LogP contribution < -0.4 is 0 Å². The molecule has 0 aromatic rings. The zero-order chi connectivity index (χ0) is 10.0. The minimum Gasteiger partial charge on any atom is -0.359 e. The standard InChI is InChI=1S/C10H16O3/c1-6(2)10(12)9-5-4-8(13-9)7(3)11/h6,8-9H,4-5H2,1-3H3. The van der Waals surface area contributed by atoms with Crippen LogP contribution in [0.3, 0.4) is 0 Å². The topological polar surface area (TPSA) is 43.4 Å². The van der Waals surface area contributed by atoms with Crippen LogP contribution >= 0.6 is 0 Å². The van der Waals surface area contributed by atoms with Gasteiger partial charge in [0, 0.05) is 5.92 Å². The summed E-state index contributed by atoms with van der Waals surface area (Å²) in [6, 6.07) is 0. The molecule has 1 saturated heterocycles. The summed E-state index contributed by atoms with van der Waals surface area (Å²) in [5.74, 6) is 0.138. The van der Waals surface area contributed by atoms with Gasteiger partial charge in [0.25, 0.3) is 0 Å². The van der Waals surface area contributed by atoms with Crippen LogP contribution in [0.15, 0.2) is 0 Å². The Kier molecular flexibility index (Phi) is 3.20. The third-order valence-corrected chi connectivity index (χ3v) is 2.36. The maximum Gasteiger partial charge on any atom is 0.164 e. The van der Waals surface area contributed by atoms with Crippen LogP contribution in [0.2, 0.25) is 0 Å². The second-order valence-electron chi connectivity index (χ2n) is 3.86. The van der Waals surface area contributed by atoms with Crippen molar-refractivity contribution < 1.29 is 14.3 Å². The Hall–Kier alpha value is -0.700. The third-order valence-electron chi connectivity index (χ3n) is 2.36. The average molecular weight is 184 g/mol. The average Bonchev–Trinajstić information content (AvgIpc) is 2.50. The Morgan fingerprint density at radius 2 is 1.77 bits per heavy atom. The lowest BCUT2D eigenvalue weighted by atomic mass is 10.0. The van der Waals surface area contributed by atoms with E-state index in [-0.39, 0.29) is 29.7 Å². The Balaban J connectivity index is 2.50. The van der Waals surface area contributed by atoms with Crippen LogP contribution in [0.1, 0.15) is 33.6 Å². The summed E-state index contributed by atoms with van der Waals surface area (Å²) in [6.07, 6.45) is 0.710. The number of rotatable bonds is 3. The third kappa shape index (κ3) is 2.37. The monoisotopic (exact) mass is 184 g/mol. The summed E-state index contributed by atoms with van der Waals surface area (Å²) in [7, 11) is 0. The smallest absolute Gasteiger partial charge is 0.164 e. The van der Waals surface area contributed by atoms with Gasteiger partial charge in [-0.15, -0.1) is 0 Å². The molecule has 1 heterocycles. The van der Waals surface area contributed by atoms with Gasteiger partial charge in [-0.2, -0.15) is 0 Å². The highest BCUT2D eigenvalue weighted by Crippen LogP contribution is 2.22. The van der Waals surface area contributed by atoms with E-state index in [9.17, 15) is 9.59 Å². The Bertz CT molecular complexity index is 220. The predicted molar refractivity (Wildman–Crippen MR) is 48.4 cm³/mol. The van der Waals surface area contributed by atoms with E-state index in [1.807, 2.05) is 13.8 Å². The van der Waals surface area contributed by atoms with Gasteiger partial charge in [0.05, 0.1) is 0 Å². The fraction of sp³-hybridized carbons (Fsp3) is 0.800. The number of ether oxygens (including phenoxy) is 1. The number of Topliss-reactive ketones (excluding diaryl/α,β-unsaturated/α-hetero) is 2. The summed E-state index contributed by atoms with van der Waals surface area (Å²) in [5.41, 5.74) is 0. The lowest BCUT2D eigenvalue weighted by Gasteiger charge is -2.12. The zero-order valence-corrected chi connectivity index (χ0v) is 8.37. The maximum absolute atomic E-state index is 11.5. The molecule has 0 aromatic heterocycles. The molecule has 0 spiro atoms. The molecule has 0 amide bonds. The van der Waals surface area contributed by atoms with E-state index in [0.717, 1.165) is 0 Å². The molecule has 1 aliphatic rings. The van der Waals surface area contributed by atoms with Crippen molar-refractivity contribution in [3.63, 3.8) is 0 Å². The van der Waals surface area contributed by atoms with E-state index in [0.29, 0.717) is 12.8 Å². The lowest BCUT2D eigenvalue weighted by molar-refractivity contribution is -0.137. The van der Waals surface area contributed by atoms with Gasteiger partial charge in [0.1, 0.15) is 12.2 Å². The van der Waals surface area contributed by atoms with Crippen molar-refractivity contribution in [3.05, 3.63) is 0 Å². The van der Waals surface area contributed by atoms with Crippen LogP contribution in [-0.4, -0.2) is 23.8 Å². The quantitative estimate of drug-likeness (QED) is 0.665. The first-order chi connectivity index (χ1) is 6.02. The molecule has 0 saturated carbocycles. The molecule has 1 rings (SSSR count). The van der Waals surface area contributed by atoms with E-state index in [2.05, 4.69) is 0 Å². The highest BCUT2D eigenvalue weighted by molar-refractivity contribution is 5.87. The van der Waals surface area contributed by atoms with Crippen LogP contribution in [0.4, 0.5) is 0 Å².